The standard InChI is InChI=1S/C16H28N2O2S/c1-4-12-17-13-6-7-14-21(19,20)18(3)16-10-8-15(5-2)9-11-16/h8-11,17H,4-7,12-14H2,1-3H3. The van der Waals surface area contributed by atoms with Gasteiger partial charge in [-0.3, -0.25) is 4.31 Å². The quantitative estimate of drug-likeness (QED) is 0.676. The molecule has 120 valence electrons. The Balaban J connectivity index is 2.48. The Morgan fingerprint density at radius 2 is 1.71 bits per heavy atom. The summed E-state index contributed by atoms with van der Waals surface area (Å²) in [6.45, 7) is 6.09. The number of aryl methyl sites for hydroxylation is 1. The maximum atomic E-state index is 12.3. The molecule has 1 N–H and O–H groups in total. The first-order valence-corrected chi connectivity index (χ1v) is 9.38. The van der Waals surface area contributed by atoms with Crippen molar-refractivity contribution in [3.8, 4) is 0 Å². The normalized spacial score (nSPS) is 11.6. The fraction of sp³-hybridized carbons (Fsp3) is 0.625. The van der Waals surface area contributed by atoms with E-state index >= 15 is 0 Å². The third-order valence-corrected chi connectivity index (χ3v) is 5.41. The smallest absolute Gasteiger partial charge is 0.234 e. The van der Waals surface area contributed by atoms with E-state index < -0.39 is 10.0 Å². The maximum absolute atomic E-state index is 12.3. The Morgan fingerprint density at radius 1 is 1.05 bits per heavy atom. The van der Waals surface area contributed by atoms with Crippen LogP contribution in [-0.4, -0.2) is 34.3 Å². The fourth-order valence-corrected chi connectivity index (χ4v) is 3.36. The lowest BCUT2D eigenvalue weighted by atomic mass is 10.1. The van der Waals surface area contributed by atoms with Crippen molar-refractivity contribution >= 4 is 15.7 Å². The molecular formula is C16H28N2O2S. The van der Waals surface area contributed by atoms with Crippen molar-refractivity contribution in [3.63, 3.8) is 0 Å². The van der Waals surface area contributed by atoms with Gasteiger partial charge in [0.1, 0.15) is 0 Å². The Labute approximate surface area is 129 Å². The number of anilines is 1. The highest BCUT2D eigenvalue weighted by molar-refractivity contribution is 7.92. The second-order valence-electron chi connectivity index (χ2n) is 5.26. The van der Waals surface area contributed by atoms with Crippen molar-refractivity contribution in [2.75, 3.05) is 30.2 Å². The van der Waals surface area contributed by atoms with Crippen LogP contribution in [0.2, 0.25) is 0 Å². The number of unbranched alkanes of at least 4 members (excludes halogenated alkanes) is 1. The Kier molecular flexibility index (Phi) is 7.75. The molecule has 4 nitrogen and oxygen atoms in total. The van der Waals surface area contributed by atoms with E-state index in [1.54, 1.807) is 7.05 Å². The van der Waals surface area contributed by atoms with Crippen LogP contribution in [0.15, 0.2) is 24.3 Å². The molecule has 0 saturated heterocycles. The molecule has 0 aliphatic carbocycles. The predicted octanol–water partition coefficient (Wildman–Crippen LogP) is 2.79. The van der Waals surface area contributed by atoms with Crippen molar-refractivity contribution in [3.05, 3.63) is 29.8 Å². The van der Waals surface area contributed by atoms with E-state index in [0.717, 1.165) is 38.0 Å². The largest absolute Gasteiger partial charge is 0.317 e. The number of nitrogens with zero attached hydrogens (tertiary/aromatic N) is 1. The molecule has 5 heteroatoms. The van der Waals surface area contributed by atoms with Gasteiger partial charge in [-0.1, -0.05) is 26.0 Å². The molecule has 0 amide bonds. The topological polar surface area (TPSA) is 49.4 Å². The van der Waals surface area contributed by atoms with Crippen LogP contribution in [0.1, 0.15) is 38.7 Å². The Hall–Kier alpha value is -1.07. The van der Waals surface area contributed by atoms with E-state index in [0.29, 0.717) is 6.42 Å². The van der Waals surface area contributed by atoms with E-state index in [2.05, 4.69) is 19.2 Å². The number of rotatable bonds is 10. The average Bonchev–Trinajstić information content (AvgIpc) is 2.50. The van der Waals surface area contributed by atoms with Crippen LogP contribution in [0.3, 0.4) is 0 Å². The molecule has 0 atom stereocenters. The van der Waals surface area contributed by atoms with Gasteiger partial charge in [0.15, 0.2) is 0 Å². The van der Waals surface area contributed by atoms with Gasteiger partial charge in [0, 0.05) is 7.05 Å². The Bertz CT molecular complexity index is 498. The van der Waals surface area contributed by atoms with E-state index in [4.69, 9.17) is 0 Å². The van der Waals surface area contributed by atoms with Gasteiger partial charge >= 0.3 is 0 Å². The second-order valence-corrected chi connectivity index (χ2v) is 7.38. The van der Waals surface area contributed by atoms with Crippen molar-refractivity contribution in [2.45, 2.75) is 39.5 Å². The first kappa shape index (κ1) is 18.0. The first-order chi connectivity index (χ1) is 10.0. The van der Waals surface area contributed by atoms with Gasteiger partial charge in [-0.2, -0.15) is 0 Å². The molecule has 0 radical (unpaired) electrons. The fourth-order valence-electron chi connectivity index (χ4n) is 2.08. The lowest BCUT2D eigenvalue weighted by Gasteiger charge is -2.19. The highest BCUT2D eigenvalue weighted by Gasteiger charge is 2.17. The minimum absolute atomic E-state index is 0.201. The van der Waals surface area contributed by atoms with Gasteiger partial charge in [-0.05, 0) is 56.5 Å². The second kappa shape index (κ2) is 9.05. The van der Waals surface area contributed by atoms with Gasteiger partial charge in [0.25, 0.3) is 0 Å². The summed E-state index contributed by atoms with van der Waals surface area (Å²) >= 11 is 0. The van der Waals surface area contributed by atoms with Crippen LogP contribution in [0.25, 0.3) is 0 Å². The maximum Gasteiger partial charge on any atom is 0.234 e. The summed E-state index contributed by atoms with van der Waals surface area (Å²) in [6, 6.07) is 7.71. The first-order valence-electron chi connectivity index (χ1n) is 7.77. The predicted molar refractivity (Wildman–Crippen MR) is 90.4 cm³/mol. The summed E-state index contributed by atoms with van der Waals surface area (Å²) in [4.78, 5) is 0. The van der Waals surface area contributed by atoms with Crippen LogP contribution >= 0.6 is 0 Å². The molecule has 1 rings (SSSR count). The molecule has 0 spiro atoms. The highest BCUT2D eigenvalue weighted by Crippen LogP contribution is 2.18. The van der Waals surface area contributed by atoms with E-state index in [9.17, 15) is 8.42 Å². The molecule has 0 aliphatic heterocycles. The number of hydrogen-bond acceptors (Lipinski definition) is 3. The van der Waals surface area contributed by atoms with Crippen LogP contribution < -0.4 is 9.62 Å². The van der Waals surface area contributed by atoms with Gasteiger partial charge < -0.3 is 5.32 Å². The van der Waals surface area contributed by atoms with Gasteiger partial charge in [-0.25, -0.2) is 8.42 Å². The lowest BCUT2D eigenvalue weighted by Crippen LogP contribution is -2.29. The summed E-state index contributed by atoms with van der Waals surface area (Å²) in [5.41, 5.74) is 1.95. The summed E-state index contributed by atoms with van der Waals surface area (Å²) in [5, 5.41) is 3.29. The zero-order valence-corrected chi connectivity index (χ0v) is 14.2. The molecule has 0 unspecified atom stereocenters. The zero-order valence-electron chi connectivity index (χ0n) is 13.4. The third-order valence-electron chi connectivity index (χ3n) is 3.56. The van der Waals surface area contributed by atoms with E-state index in [1.807, 2.05) is 24.3 Å². The van der Waals surface area contributed by atoms with Gasteiger partial charge in [0.2, 0.25) is 10.0 Å². The molecule has 21 heavy (non-hydrogen) atoms. The van der Waals surface area contributed by atoms with E-state index in [1.165, 1.54) is 9.87 Å². The number of sulfonamides is 1. The van der Waals surface area contributed by atoms with Crippen molar-refractivity contribution in [1.82, 2.24) is 5.32 Å². The Morgan fingerprint density at radius 3 is 2.29 bits per heavy atom. The monoisotopic (exact) mass is 312 g/mol. The summed E-state index contributed by atoms with van der Waals surface area (Å²) in [5.74, 6) is 0.201. The summed E-state index contributed by atoms with van der Waals surface area (Å²) in [7, 11) is -1.59. The van der Waals surface area contributed by atoms with Gasteiger partial charge in [0.05, 0.1) is 11.4 Å². The van der Waals surface area contributed by atoms with Crippen LogP contribution in [0, 0.1) is 0 Å². The summed E-state index contributed by atoms with van der Waals surface area (Å²) < 4.78 is 26.0. The molecule has 1 aromatic carbocycles. The number of benzene rings is 1. The highest BCUT2D eigenvalue weighted by atomic mass is 32.2. The van der Waals surface area contributed by atoms with Crippen LogP contribution in [-0.2, 0) is 16.4 Å². The molecule has 0 aromatic heterocycles. The molecule has 0 aliphatic rings. The number of nitrogens with one attached hydrogen (secondary N) is 1. The minimum atomic E-state index is -3.22. The molecular weight excluding hydrogens is 284 g/mol. The average molecular weight is 312 g/mol. The zero-order chi connectivity index (χ0) is 15.7. The molecule has 0 heterocycles. The molecule has 0 bridgehead atoms. The van der Waals surface area contributed by atoms with E-state index in [-0.39, 0.29) is 5.75 Å². The number of hydrogen-bond donors (Lipinski definition) is 1. The SMILES string of the molecule is CCCNCCCCS(=O)(=O)N(C)c1ccc(CC)cc1. The minimum Gasteiger partial charge on any atom is -0.317 e. The molecule has 0 saturated carbocycles. The summed E-state index contributed by atoms with van der Waals surface area (Å²) in [6.07, 6.45) is 3.65. The van der Waals surface area contributed by atoms with Crippen molar-refractivity contribution in [1.29, 1.82) is 0 Å². The molecule has 1 aromatic rings. The van der Waals surface area contributed by atoms with Gasteiger partial charge in [-0.15, -0.1) is 0 Å². The molecule has 0 fully saturated rings. The lowest BCUT2D eigenvalue weighted by molar-refractivity contribution is 0.584. The van der Waals surface area contributed by atoms with Crippen LogP contribution in [0.4, 0.5) is 5.69 Å². The van der Waals surface area contributed by atoms with Crippen LogP contribution in [0.5, 0.6) is 0 Å². The van der Waals surface area contributed by atoms with Crippen molar-refractivity contribution < 1.29 is 8.42 Å². The van der Waals surface area contributed by atoms with Crippen molar-refractivity contribution in [2.24, 2.45) is 0 Å². The third kappa shape index (κ3) is 6.06.